The number of hydrogen-bond acceptors (Lipinski definition) is 4. The van der Waals surface area contributed by atoms with E-state index >= 15 is 0 Å². The number of nitrogens with zero attached hydrogens (tertiary/aromatic N) is 2. The molecule has 0 saturated carbocycles. The Hall–Kier alpha value is -2.60. The molecule has 0 atom stereocenters. The minimum atomic E-state index is -0.276. The molecular weight excluding hydrogens is 336 g/mol. The number of hydrogen-bond donors (Lipinski definition) is 0. The lowest BCUT2D eigenvalue weighted by atomic mass is 10.2. The number of rotatable bonds is 2. The van der Waals surface area contributed by atoms with E-state index in [2.05, 4.69) is 41.6 Å². The lowest BCUT2D eigenvalue weighted by Crippen LogP contribution is -2.17. The summed E-state index contributed by atoms with van der Waals surface area (Å²) in [6.07, 6.45) is 0. The van der Waals surface area contributed by atoms with Gasteiger partial charge in [-0.1, -0.05) is 17.4 Å². The number of aryl methyl sites for hydroxylation is 2. The van der Waals surface area contributed by atoms with E-state index in [-0.39, 0.29) is 5.91 Å². The summed E-state index contributed by atoms with van der Waals surface area (Å²) in [5, 5.41) is 0. The van der Waals surface area contributed by atoms with Crippen LogP contribution in [-0.4, -0.2) is 23.7 Å². The minimum Gasteiger partial charge on any atom is -0.486 e. The summed E-state index contributed by atoms with van der Waals surface area (Å²) in [7, 11) is 0. The van der Waals surface area contributed by atoms with E-state index in [0.29, 0.717) is 35.1 Å². The highest BCUT2D eigenvalue weighted by molar-refractivity contribution is 7.16. The van der Waals surface area contributed by atoms with Gasteiger partial charge in [-0.15, -0.1) is 0 Å². The van der Waals surface area contributed by atoms with Crippen molar-refractivity contribution in [1.82, 2.24) is 4.57 Å². The smallest absolute Gasteiger partial charge is 0.279 e. The van der Waals surface area contributed by atoms with E-state index < -0.39 is 0 Å². The molecule has 0 fully saturated rings. The van der Waals surface area contributed by atoms with Crippen LogP contribution in [0.15, 0.2) is 41.4 Å². The molecule has 128 valence electrons. The first-order valence-electron chi connectivity index (χ1n) is 8.24. The maximum absolute atomic E-state index is 12.6. The number of carbonyl (C=O) groups is 1. The number of ether oxygens (including phenoxy) is 2. The van der Waals surface area contributed by atoms with E-state index in [1.807, 2.05) is 0 Å². The third-order valence-corrected chi connectivity index (χ3v) is 5.18. The van der Waals surface area contributed by atoms with E-state index in [1.165, 1.54) is 16.9 Å². The molecule has 1 aliphatic rings. The Balaban J connectivity index is 1.77. The summed E-state index contributed by atoms with van der Waals surface area (Å²) in [4.78, 5) is 17.7. The molecule has 1 aromatic heterocycles. The molecule has 4 rings (SSSR count). The molecule has 0 bridgehead atoms. The zero-order valence-corrected chi connectivity index (χ0v) is 14.9. The second kappa shape index (κ2) is 6.37. The number of thiazole rings is 1. The summed E-state index contributed by atoms with van der Waals surface area (Å²) in [6, 6.07) is 11.5. The molecule has 0 N–H and O–H groups in total. The van der Waals surface area contributed by atoms with Crippen LogP contribution in [0.2, 0.25) is 0 Å². The highest BCUT2D eigenvalue weighted by Gasteiger charge is 2.15. The fraction of sp³-hybridized carbons (Fsp3) is 0.263. The van der Waals surface area contributed by atoms with Gasteiger partial charge < -0.3 is 14.0 Å². The average Bonchev–Trinajstić information content (AvgIpc) is 2.97. The molecule has 5 nitrogen and oxygen atoms in total. The molecule has 0 aliphatic carbocycles. The van der Waals surface area contributed by atoms with Gasteiger partial charge in [0.2, 0.25) is 0 Å². The van der Waals surface area contributed by atoms with Crippen LogP contribution in [0.4, 0.5) is 0 Å². The van der Waals surface area contributed by atoms with Crippen LogP contribution >= 0.6 is 11.3 Å². The Labute approximate surface area is 149 Å². The van der Waals surface area contributed by atoms with Crippen LogP contribution in [0, 0.1) is 6.92 Å². The zero-order valence-electron chi connectivity index (χ0n) is 14.1. The standard InChI is InChI=1S/C19H18N2O3S/c1-3-21-14-6-4-12(2)10-17(14)25-19(21)20-18(22)13-5-7-15-16(11-13)24-9-8-23-15/h4-7,10-11H,3,8-9H2,1-2H3. The predicted octanol–water partition coefficient (Wildman–Crippen LogP) is 3.54. The van der Waals surface area contributed by atoms with E-state index in [1.54, 1.807) is 18.2 Å². The van der Waals surface area contributed by atoms with Crippen LogP contribution in [-0.2, 0) is 6.54 Å². The molecular formula is C19H18N2O3S. The van der Waals surface area contributed by atoms with Gasteiger partial charge in [0.05, 0.1) is 10.2 Å². The fourth-order valence-electron chi connectivity index (χ4n) is 2.90. The summed E-state index contributed by atoms with van der Waals surface area (Å²) < 4.78 is 14.2. The summed E-state index contributed by atoms with van der Waals surface area (Å²) in [5.74, 6) is 0.994. The van der Waals surface area contributed by atoms with Gasteiger partial charge in [0, 0.05) is 12.1 Å². The molecule has 6 heteroatoms. The third-order valence-electron chi connectivity index (χ3n) is 4.14. The van der Waals surface area contributed by atoms with Gasteiger partial charge in [-0.05, 0) is 49.7 Å². The maximum atomic E-state index is 12.6. The Bertz CT molecular complexity index is 1030. The second-order valence-electron chi connectivity index (χ2n) is 5.88. The molecule has 2 aromatic carbocycles. The number of benzene rings is 2. The predicted molar refractivity (Wildman–Crippen MR) is 97.6 cm³/mol. The fourth-order valence-corrected chi connectivity index (χ4v) is 4.09. The van der Waals surface area contributed by atoms with Crippen LogP contribution in [0.25, 0.3) is 10.2 Å². The molecule has 0 saturated heterocycles. The number of carbonyl (C=O) groups excluding carboxylic acids is 1. The first kappa shape index (κ1) is 15.9. The Morgan fingerprint density at radius 1 is 1.16 bits per heavy atom. The third kappa shape index (κ3) is 2.93. The quantitative estimate of drug-likeness (QED) is 0.707. The molecule has 0 spiro atoms. The highest BCUT2D eigenvalue weighted by Crippen LogP contribution is 2.31. The van der Waals surface area contributed by atoms with Gasteiger partial charge in [-0.25, -0.2) is 0 Å². The summed E-state index contributed by atoms with van der Waals surface area (Å²) in [6.45, 7) is 5.90. The van der Waals surface area contributed by atoms with Crippen molar-refractivity contribution in [2.45, 2.75) is 20.4 Å². The number of aromatic nitrogens is 1. The minimum absolute atomic E-state index is 0.276. The van der Waals surface area contributed by atoms with Crippen molar-refractivity contribution in [3.8, 4) is 11.5 Å². The normalized spacial score (nSPS) is 14.1. The molecule has 0 radical (unpaired) electrons. The van der Waals surface area contributed by atoms with Gasteiger partial charge in [0.15, 0.2) is 16.3 Å². The second-order valence-corrected chi connectivity index (χ2v) is 6.88. The van der Waals surface area contributed by atoms with Gasteiger partial charge in [-0.3, -0.25) is 4.79 Å². The SMILES string of the molecule is CCn1c(=NC(=O)c2ccc3c(c2)OCCO3)sc2cc(C)ccc21. The van der Waals surface area contributed by atoms with Crippen LogP contribution in [0.1, 0.15) is 22.8 Å². The van der Waals surface area contributed by atoms with Gasteiger partial charge in [0.25, 0.3) is 5.91 Å². The Morgan fingerprint density at radius 3 is 2.76 bits per heavy atom. The van der Waals surface area contributed by atoms with Crippen LogP contribution in [0.3, 0.4) is 0 Å². The Kier molecular flexibility index (Phi) is 4.05. The van der Waals surface area contributed by atoms with Crippen molar-refractivity contribution in [1.29, 1.82) is 0 Å². The van der Waals surface area contributed by atoms with Crippen molar-refractivity contribution in [2.24, 2.45) is 4.99 Å². The molecule has 1 amide bonds. The van der Waals surface area contributed by atoms with E-state index in [9.17, 15) is 4.79 Å². The van der Waals surface area contributed by atoms with Crippen molar-refractivity contribution in [3.05, 3.63) is 52.3 Å². The van der Waals surface area contributed by atoms with Crippen molar-refractivity contribution >= 4 is 27.5 Å². The first-order valence-corrected chi connectivity index (χ1v) is 9.06. The largest absolute Gasteiger partial charge is 0.486 e. The lowest BCUT2D eigenvalue weighted by molar-refractivity contribution is 0.0996. The molecule has 0 unspecified atom stereocenters. The highest BCUT2D eigenvalue weighted by atomic mass is 32.1. The molecule has 2 heterocycles. The first-order chi connectivity index (χ1) is 12.2. The van der Waals surface area contributed by atoms with Crippen molar-refractivity contribution < 1.29 is 14.3 Å². The number of amides is 1. The Morgan fingerprint density at radius 2 is 1.96 bits per heavy atom. The average molecular weight is 354 g/mol. The van der Waals surface area contributed by atoms with Crippen molar-refractivity contribution in [2.75, 3.05) is 13.2 Å². The van der Waals surface area contributed by atoms with Crippen LogP contribution < -0.4 is 14.3 Å². The summed E-state index contributed by atoms with van der Waals surface area (Å²) in [5.41, 5.74) is 2.80. The van der Waals surface area contributed by atoms with Gasteiger partial charge in [-0.2, -0.15) is 4.99 Å². The molecule has 3 aromatic rings. The van der Waals surface area contributed by atoms with Gasteiger partial charge in [0.1, 0.15) is 13.2 Å². The molecule has 1 aliphatic heterocycles. The molecule has 25 heavy (non-hydrogen) atoms. The monoisotopic (exact) mass is 354 g/mol. The number of fused-ring (bicyclic) bond motifs is 2. The maximum Gasteiger partial charge on any atom is 0.279 e. The lowest BCUT2D eigenvalue weighted by Gasteiger charge is -2.18. The van der Waals surface area contributed by atoms with Crippen molar-refractivity contribution in [3.63, 3.8) is 0 Å². The summed E-state index contributed by atoms with van der Waals surface area (Å²) >= 11 is 1.53. The van der Waals surface area contributed by atoms with Gasteiger partial charge >= 0.3 is 0 Å². The van der Waals surface area contributed by atoms with Crippen LogP contribution in [0.5, 0.6) is 11.5 Å². The zero-order chi connectivity index (χ0) is 17.4. The van der Waals surface area contributed by atoms with E-state index in [0.717, 1.165) is 16.8 Å². The van der Waals surface area contributed by atoms with E-state index in [4.69, 9.17) is 9.47 Å². The topological polar surface area (TPSA) is 52.8 Å².